The molecule has 0 radical (unpaired) electrons. The number of carbonyl (C=O) groups excluding carboxylic acids is 1. The van der Waals surface area contributed by atoms with Crippen molar-refractivity contribution in [3.63, 3.8) is 0 Å². The van der Waals surface area contributed by atoms with Gasteiger partial charge in [-0.05, 0) is 18.2 Å². The average molecular weight is 388 g/mol. The first kappa shape index (κ1) is 19.4. The number of thioether (sulfide) groups is 1. The fourth-order valence-electron chi connectivity index (χ4n) is 1.78. The van der Waals surface area contributed by atoms with Crippen molar-refractivity contribution >= 4 is 29.0 Å². The van der Waals surface area contributed by atoms with E-state index in [-0.39, 0.29) is 28.0 Å². The Bertz CT molecular complexity index is 832. The van der Waals surface area contributed by atoms with Crippen LogP contribution < -0.4 is 10.1 Å². The van der Waals surface area contributed by atoms with E-state index in [1.807, 2.05) is 0 Å². The van der Waals surface area contributed by atoms with Crippen LogP contribution in [0.2, 0.25) is 0 Å². The summed E-state index contributed by atoms with van der Waals surface area (Å²) >= 11 is 0.671. The Kier molecular flexibility index (Phi) is 5.97. The molecule has 8 nitrogen and oxygen atoms in total. The molecule has 0 saturated heterocycles. The first-order chi connectivity index (χ1) is 12.2. The molecule has 0 fully saturated rings. The van der Waals surface area contributed by atoms with Gasteiger partial charge in [0.25, 0.3) is 5.69 Å². The van der Waals surface area contributed by atoms with Crippen LogP contribution >= 0.6 is 11.8 Å². The number of carbonyl (C=O) groups is 1. The molecule has 12 heteroatoms. The minimum Gasteiger partial charge on any atom is -0.496 e. The van der Waals surface area contributed by atoms with Gasteiger partial charge in [0.2, 0.25) is 5.91 Å². The summed E-state index contributed by atoms with van der Waals surface area (Å²) in [7, 11) is 1.34. The minimum atomic E-state index is -4.62. The highest BCUT2D eigenvalue weighted by atomic mass is 32.2. The van der Waals surface area contributed by atoms with Gasteiger partial charge < -0.3 is 10.1 Å². The Hall–Kier alpha value is -2.89. The molecule has 138 valence electrons. The van der Waals surface area contributed by atoms with Crippen LogP contribution in [0, 0.1) is 10.1 Å². The van der Waals surface area contributed by atoms with Crippen LogP contribution in [0.4, 0.5) is 24.5 Å². The second-order valence-corrected chi connectivity index (χ2v) is 5.64. The molecule has 1 aromatic carbocycles. The molecule has 0 saturated carbocycles. The summed E-state index contributed by atoms with van der Waals surface area (Å²) < 4.78 is 42.6. The molecule has 0 bridgehead atoms. The van der Waals surface area contributed by atoms with Gasteiger partial charge >= 0.3 is 6.18 Å². The van der Waals surface area contributed by atoms with Gasteiger partial charge in [0.15, 0.2) is 5.16 Å². The maximum Gasteiger partial charge on any atom is 0.433 e. The van der Waals surface area contributed by atoms with E-state index in [1.165, 1.54) is 19.2 Å². The maximum absolute atomic E-state index is 12.6. The average Bonchev–Trinajstić information content (AvgIpc) is 2.59. The van der Waals surface area contributed by atoms with E-state index in [9.17, 15) is 28.1 Å². The number of nitrogens with one attached hydrogen (secondary N) is 1. The first-order valence-corrected chi connectivity index (χ1v) is 7.84. The number of benzene rings is 1. The van der Waals surface area contributed by atoms with Gasteiger partial charge in [-0.25, -0.2) is 9.97 Å². The summed E-state index contributed by atoms with van der Waals surface area (Å²) in [6.07, 6.45) is -3.69. The molecule has 0 atom stereocenters. The number of aromatic nitrogens is 2. The van der Waals surface area contributed by atoms with Crippen molar-refractivity contribution in [2.45, 2.75) is 11.3 Å². The van der Waals surface area contributed by atoms with Gasteiger partial charge in [0.1, 0.15) is 17.1 Å². The molecule has 2 rings (SSSR count). The normalized spacial score (nSPS) is 11.1. The van der Waals surface area contributed by atoms with Crippen molar-refractivity contribution in [2.24, 2.45) is 0 Å². The number of amides is 1. The van der Waals surface area contributed by atoms with Gasteiger partial charge in [-0.2, -0.15) is 13.2 Å². The van der Waals surface area contributed by atoms with Crippen LogP contribution in [0.15, 0.2) is 35.6 Å². The number of nitro benzene ring substituents is 1. The number of ether oxygens (including phenoxy) is 1. The molecule has 0 aliphatic heterocycles. The lowest BCUT2D eigenvalue weighted by molar-refractivity contribution is -0.384. The van der Waals surface area contributed by atoms with Crippen LogP contribution in [-0.2, 0) is 11.0 Å². The van der Waals surface area contributed by atoms with E-state index in [2.05, 4.69) is 15.3 Å². The number of hydrogen-bond donors (Lipinski definition) is 1. The molecule has 0 unspecified atom stereocenters. The predicted octanol–water partition coefficient (Wildman–Crippen LogP) is 3.14. The molecule has 1 heterocycles. The number of anilines is 1. The van der Waals surface area contributed by atoms with Crippen molar-refractivity contribution in [3.05, 3.63) is 46.3 Å². The number of halogens is 3. The highest BCUT2D eigenvalue weighted by Crippen LogP contribution is 2.30. The molecule has 0 aliphatic rings. The van der Waals surface area contributed by atoms with Crippen LogP contribution in [0.3, 0.4) is 0 Å². The van der Waals surface area contributed by atoms with Crippen LogP contribution in [0.25, 0.3) is 0 Å². The van der Waals surface area contributed by atoms with Crippen LogP contribution in [-0.4, -0.2) is 33.7 Å². The Labute approximate surface area is 148 Å². The number of nitro groups is 1. The highest BCUT2D eigenvalue weighted by molar-refractivity contribution is 7.99. The smallest absolute Gasteiger partial charge is 0.433 e. The minimum absolute atomic E-state index is 0.0636. The van der Waals surface area contributed by atoms with E-state index >= 15 is 0 Å². The Morgan fingerprint density at radius 1 is 1.38 bits per heavy atom. The fourth-order valence-corrected chi connectivity index (χ4v) is 2.41. The largest absolute Gasteiger partial charge is 0.496 e. The number of rotatable bonds is 6. The van der Waals surface area contributed by atoms with E-state index in [0.717, 1.165) is 12.3 Å². The molecular weight excluding hydrogens is 377 g/mol. The molecule has 26 heavy (non-hydrogen) atoms. The second kappa shape index (κ2) is 7.99. The number of hydrogen-bond acceptors (Lipinski definition) is 7. The lowest BCUT2D eigenvalue weighted by atomic mass is 10.2. The van der Waals surface area contributed by atoms with E-state index in [4.69, 9.17) is 4.74 Å². The molecule has 0 spiro atoms. The van der Waals surface area contributed by atoms with E-state index in [1.54, 1.807) is 0 Å². The lowest BCUT2D eigenvalue weighted by Gasteiger charge is -2.08. The van der Waals surface area contributed by atoms with Crippen LogP contribution in [0.1, 0.15) is 5.69 Å². The van der Waals surface area contributed by atoms with Gasteiger partial charge in [-0.1, -0.05) is 11.8 Å². The lowest BCUT2D eigenvalue weighted by Crippen LogP contribution is -2.16. The van der Waals surface area contributed by atoms with Crippen molar-refractivity contribution in [1.29, 1.82) is 0 Å². The summed E-state index contributed by atoms with van der Waals surface area (Å²) in [5.74, 6) is -0.754. The fraction of sp³-hybridized carbons (Fsp3) is 0.214. The monoisotopic (exact) mass is 388 g/mol. The number of alkyl halides is 3. The van der Waals surface area contributed by atoms with Crippen LogP contribution in [0.5, 0.6) is 5.75 Å². The van der Waals surface area contributed by atoms with E-state index in [0.29, 0.717) is 17.8 Å². The Morgan fingerprint density at radius 2 is 2.12 bits per heavy atom. The van der Waals surface area contributed by atoms with Gasteiger partial charge in [-0.15, -0.1) is 0 Å². The Balaban J connectivity index is 2.05. The number of nitrogens with zero attached hydrogens (tertiary/aromatic N) is 3. The topological polar surface area (TPSA) is 107 Å². The zero-order valence-corrected chi connectivity index (χ0v) is 13.9. The highest BCUT2D eigenvalue weighted by Gasteiger charge is 2.32. The summed E-state index contributed by atoms with van der Waals surface area (Å²) in [6, 6.07) is 4.56. The maximum atomic E-state index is 12.6. The zero-order chi connectivity index (χ0) is 19.3. The Morgan fingerprint density at radius 3 is 2.73 bits per heavy atom. The molecule has 1 aromatic heterocycles. The summed E-state index contributed by atoms with van der Waals surface area (Å²) in [5, 5.41) is 13.1. The van der Waals surface area contributed by atoms with Gasteiger partial charge in [-0.3, -0.25) is 14.9 Å². The third kappa shape index (κ3) is 5.05. The molecule has 1 N–H and O–H groups in total. The molecule has 2 aromatic rings. The quantitative estimate of drug-likeness (QED) is 0.351. The van der Waals surface area contributed by atoms with Crippen molar-refractivity contribution in [1.82, 2.24) is 9.97 Å². The van der Waals surface area contributed by atoms with Crippen molar-refractivity contribution in [2.75, 3.05) is 18.2 Å². The third-order valence-corrected chi connectivity index (χ3v) is 3.79. The van der Waals surface area contributed by atoms with Gasteiger partial charge in [0.05, 0.1) is 23.9 Å². The molecular formula is C14H11F3N4O4S. The second-order valence-electron chi connectivity index (χ2n) is 4.70. The number of methoxy groups -OCH3 is 1. The van der Waals surface area contributed by atoms with Crippen molar-refractivity contribution < 1.29 is 27.6 Å². The predicted molar refractivity (Wildman–Crippen MR) is 86.0 cm³/mol. The molecule has 0 aliphatic carbocycles. The van der Waals surface area contributed by atoms with Gasteiger partial charge in [0, 0.05) is 6.20 Å². The standard InChI is InChI=1S/C14H11F3N4O4S/c1-25-8-2-3-9(10(6-8)21(23)24)19-12(22)7-26-13-18-5-4-11(20-13)14(15,16)17/h2-6H,7H2,1H3,(H,19,22). The zero-order valence-electron chi connectivity index (χ0n) is 13.1. The third-order valence-electron chi connectivity index (χ3n) is 2.93. The summed E-state index contributed by atoms with van der Waals surface area (Å²) in [4.78, 5) is 29.3. The van der Waals surface area contributed by atoms with Crippen molar-refractivity contribution in [3.8, 4) is 5.75 Å². The molecule has 1 amide bonds. The first-order valence-electron chi connectivity index (χ1n) is 6.86. The summed E-state index contributed by atoms with van der Waals surface area (Å²) in [6.45, 7) is 0. The van der Waals surface area contributed by atoms with E-state index < -0.39 is 22.7 Å². The SMILES string of the molecule is COc1ccc(NC(=O)CSc2nccc(C(F)(F)F)n2)c([N+](=O)[O-])c1. The summed E-state index contributed by atoms with van der Waals surface area (Å²) in [5.41, 5.74) is -1.56.